The van der Waals surface area contributed by atoms with Gasteiger partial charge in [-0.05, 0) is 49.0 Å². The van der Waals surface area contributed by atoms with Gasteiger partial charge in [0.05, 0.1) is 0 Å². The van der Waals surface area contributed by atoms with E-state index in [2.05, 4.69) is 67.3 Å². The molecule has 0 bridgehead atoms. The van der Waals surface area contributed by atoms with Gasteiger partial charge in [0.2, 0.25) is 0 Å². The van der Waals surface area contributed by atoms with Crippen molar-refractivity contribution < 1.29 is 4.79 Å². The van der Waals surface area contributed by atoms with E-state index < -0.39 is 0 Å². The first-order valence-corrected chi connectivity index (χ1v) is 11.1. The number of H-pyrrole nitrogens is 1. The van der Waals surface area contributed by atoms with Crippen molar-refractivity contribution in [3.05, 3.63) is 36.0 Å². The van der Waals surface area contributed by atoms with Crippen LogP contribution in [0.4, 0.5) is 10.5 Å². The fourth-order valence-corrected chi connectivity index (χ4v) is 4.16. The maximum Gasteiger partial charge on any atom is 0.321 e. The van der Waals surface area contributed by atoms with Gasteiger partial charge in [-0.15, -0.1) is 0 Å². The van der Waals surface area contributed by atoms with Gasteiger partial charge in [-0.2, -0.15) is 0 Å². The summed E-state index contributed by atoms with van der Waals surface area (Å²) in [6.45, 7) is 13.6. The average Bonchev–Trinajstić information content (AvgIpc) is 3.11. The van der Waals surface area contributed by atoms with Gasteiger partial charge in [-0.1, -0.05) is 33.8 Å². The Morgan fingerprint density at radius 2 is 2.00 bits per heavy atom. The summed E-state index contributed by atoms with van der Waals surface area (Å²) in [5.74, 6) is 0.698. The van der Waals surface area contributed by atoms with Crippen LogP contribution in [-0.4, -0.2) is 53.5 Å². The molecular weight excluding hydrogens is 360 g/mol. The van der Waals surface area contributed by atoms with Crippen LogP contribution in [0.2, 0.25) is 0 Å². The Bertz CT molecular complexity index is 846. The van der Waals surface area contributed by atoms with Crippen LogP contribution in [0.3, 0.4) is 0 Å². The van der Waals surface area contributed by atoms with E-state index in [1.807, 2.05) is 11.0 Å². The molecule has 2 N–H and O–H groups in total. The third-order valence-electron chi connectivity index (χ3n) is 5.47. The Balaban J connectivity index is 1.77. The van der Waals surface area contributed by atoms with Gasteiger partial charge >= 0.3 is 6.03 Å². The van der Waals surface area contributed by atoms with E-state index in [9.17, 15) is 4.79 Å². The van der Waals surface area contributed by atoms with E-state index in [4.69, 9.17) is 0 Å². The number of aromatic nitrogens is 1. The van der Waals surface area contributed by atoms with Gasteiger partial charge in [-0.25, -0.2) is 4.79 Å². The Kier molecular flexibility index (Phi) is 7.37. The summed E-state index contributed by atoms with van der Waals surface area (Å²) in [7, 11) is 0. The molecule has 1 aliphatic heterocycles. The van der Waals surface area contributed by atoms with Crippen molar-refractivity contribution >= 4 is 28.2 Å². The van der Waals surface area contributed by atoms with Crippen LogP contribution < -0.4 is 5.32 Å². The number of carbonyl (C=O) groups excluding carboxylic acids is 1. The van der Waals surface area contributed by atoms with Crippen molar-refractivity contribution in [2.75, 3.05) is 38.0 Å². The molecule has 0 fully saturated rings. The normalized spacial score (nSPS) is 15.0. The van der Waals surface area contributed by atoms with Crippen molar-refractivity contribution in [2.24, 2.45) is 5.92 Å². The lowest BCUT2D eigenvalue weighted by atomic mass is 9.98. The molecule has 158 valence electrons. The van der Waals surface area contributed by atoms with E-state index in [1.54, 1.807) is 0 Å². The topological polar surface area (TPSA) is 51.4 Å². The molecular formula is C24H36N4O. The van der Waals surface area contributed by atoms with Crippen molar-refractivity contribution in [1.82, 2.24) is 14.8 Å². The Morgan fingerprint density at radius 1 is 1.24 bits per heavy atom. The molecule has 1 aromatic heterocycles. The molecule has 2 aromatic rings. The number of nitrogens with zero attached hydrogens (tertiary/aromatic N) is 2. The lowest BCUT2D eigenvalue weighted by Crippen LogP contribution is -2.36. The van der Waals surface area contributed by atoms with E-state index in [0.29, 0.717) is 5.92 Å². The number of fused-ring (bicyclic) bond motifs is 1. The summed E-state index contributed by atoms with van der Waals surface area (Å²) in [4.78, 5) is 20.5. The number of urea groups is 1. The summed E-state index contributed by atoms with van der Waals surface area (Å²) < 4.78 is 0. The molecule has 0 radical (unpaired) electrons. The fraction of sp³-hybridized carbons (Fsp3) is 0.542. The highest BCUT2D eigenvalue weighted by Crippen LogP contribution is 2.31. The standard InChI is InChI=1S/C24H36N4O/c1-5-11-28(12-6-2)24(29)26-20-7-8-23-21(15-20)22(16-25-23)19-9-13-27(14-10-19)17-18(3)4/h7-9,15-16,18,25H,5-6,10-14,17H2,1-4H3,(H,26,29). The maximum absolute atomic E-state index is 12.7. The first kappa shape index (κ1) is 21.4. The molecule has 2 amide bonds. The highest BCUT2D eigenvalue weighted by Gasteiger charge is 2.17. The first-order chi connectivity index (χ1) is 14.0. The SMILES string of the molecule is CCCN(CCC)C(=O)Nc1ccc2[nH]cc(C3=CCN(CC(C)C)CC3)c2c1. The number of hydrogen-bond donors (Lipinski definition) is 2. The predicted octanol–water partition coefficient (Wildman–Crippen LogP) is 5.57. The Labute approximate surface area is 175 Å². The number of amides is 2. The number of aromatic amines is 1. The van der Waals surface area contributed by atoms with Crippen LogP contribution in [0.1, 0.15) is 52.5 Å². The Morgan fingerprint density at radius 3 is 2.62 bits per heavy atom. The number of nitrogens with one attached hydrogen (secondary N) is 2. The minimum absolute atomic E-state index is 0.00801. The summed E-state index contributed by atoms with van der Waals surface area (Å²) in [6, 6.07) is 6.14. The van der Waals surface area contributed by atoms with Crippen LogP contribution >= 0.6 is 0 Å². The number of hydrogen-bond acceptors (Lipinski definition) is 2. The fourth-order valence-electron chi connectivity index (χ4n) is 4.16. The summed E-state index contributed by atoms with van der Waals surface area (Å²) in [5, 5.41) is 4.28. The van der Waals surface area contributed by atoms with Gasteiger partial charge in [0.25, 0.3) is 0 Å². The highest BCUT2D eigenvalue weighted by molar-refractivity contribution is 5.97. The molecule has 5 nitrogen and oxygen atoms in total. The number of rotatable bonds is 8. The molecule has 1 aliphatic rings. The lowest BCUT2D eigenvalue weighted by Gasteiger charge is -2.27. The molecule has 0 saturated carbocycles. The predicted molar refractivity (Wildman–Crippen MR) is 123 cm³/mol. The van der Waals surface area contributed by atoms with Gasteiger partial charge < -0.3 is 15.2 Å². The zero-order chi connectivity index (χ0) is 20.8. The van der Waals surface area contributed by atoms with Crippen LogP contribution in [0.5, 0.6) is 0 Å². The molecule has 0 aliphatic carbocycles. The van der Waals surface area contributed by atoms with Crippen molar-refractivity contribution in [2.45, 2.75) is 47.0 Å². The molecule has 0 atom stereocenters. The second-order valence-corrected chi connectivity index (χ2v) is 8.51. The van der Waals surface area contributed by atoms with Crippen molar-refractivity contribution in [1.29, 1.82) is 0 Å². The Hall–Kier alpha value is -2.27. The number of anilines is 1. The lowest BCUT2D eigenvalue weighted by molar-refractivity contribution is 0.211. The van der Waals surface area contributed by atoms with E-state index in [-0.39, 0.29) is 6.03 Å². The molecule has 3 rings (SSSR count). The summed E-state index contributed by atoms with van der Waals surface area (Å²) >= 11 is 0. The van der Waals surface area contributed by atoms with Crippen LogP contribution in [-0.2, 0) is 0 Å². The van der Waals surface area contributed by atoms with Gasteiger partial charge in [0.1, 0.15) is 0 Å². The van der Waals surface area contributed by atoms with E-state index in [1.165, 1.54) is 16.5 Å². The minimum atomic E-state index is -0.00801. The van der Waals surface area contributed by atoms with E-state index >= 15 is 0 Å². The first-order valence-electron chi connectivity index (χ1n) is 11.1. The molecule has 5 heteroatoms. The van der Waals surface area contributed by atoms with Gasteiger partial charge in [0.15, 0.2) is 0 Å². The van der Waals surface area contributed by atoms with Crippen LogP contribution in [0.15, 0.2) is 30.5 Å². The quantitative estimate of drug-likeness (QED) is 0.613. The molecule has 0 saturated heterocycles. The second kappa shape index (κ2) is 9.97. The zero-order valence-electron chi connectivity index (χ0n) is 18.4. The monoisotopic (exact) mass is 396 g/mol. The summed E-state index contributed by atoms with van der Waals surface area (Å²) in [5.41, 5.74) is 4.64. The average molecular weight is 397 g/mol. The number of benzene rings is 1. The molecule has 0 spiro atoms. The third kappa shape index (κ3) is 5.41. The van der Waals surface area contributed by atoms with Gasteiger partial charge in [0, 0.05) is 61.1 Å². The van der Waals surface area contributed by atoms with Crippen LogP contribution in [0, 0.1) is 5.92 Å². The smallest absolute Gasteiger partial charge is 0.321 e. The highest BCUT2D eigenvalue weighted by atomic mass is 16.2. The van der Waals surface area contributed by atoms with Crippen molar-refractivity contribution in [3.63, 3.8) is 0 Å². The molecule has 0 unspecified atom stereocenters. The largest absolute Gasteiger partial charge is 0.361 e. The summed E-state index contributed by atoms with van der Waals surface area (Å²) in [6.07, 6.45) is 7.48. The molecule has 1 aromatic carbocycles. The minimum Gasteiger partial charge on any atom is -0.361 e. The number of carbonyl (C=O) groups is 1. The zero-order valence-corrected chi connectivity index (χ0v) is 18.4. The van der Waals surface area contributed by atoms with Crippen molar-refractivity contribution in [3.8, 4) is 0 Å². The molecule has 2 heterocycles. The molecule has 29 heavy (non-hydrogen) atoms. The van der Waals surface area contributed by atoms with Crippen LogP contribution in [0.25, 0.3) is 16.5 Å². The third-order valence-corrected chi connectivity index (χ3v) is 5.47. The van der Waals surface area contributed by atoms with Gasteiger partial charge in [-0.3, -0.25) is 4.90 Å². The second-order valence-electron chi connectivity index (χ2n) is 8.51. The maximum atomic E-state index is 12.7. The van der Waals surface area contributed by atoms with E-state index in [0.717, 1.165) is 63.2 Å².